The topological polar surface area (TPSA) is 135 Å². The molecule has 0 saturated heterocycles. The zero-order valence-electron chi connectivity index (χ0n) is 18.1. The molecule has 0 aliphatic carbocycles. The summed E-state index contributed by atoms with van der Waals surface area (Å²) in [5, 5.41) is 32.1. The first-order valence-corrected chi connectivity index (χ1v) is 10.8. The first kappa shape index (κ1) is 22.6. The number of non-ortho nitro benzene ring substituents is 1. The van der Waals surface area contributed by atoms with Gasteiger partial charge in [0.1, 0.15) is 28.2 Å². The molecule has 2 aromatic carbocycles. The van der Waals surface area contributed by atoms with Crippen molar-refractivity contribution < 1.29 is 14.1 Å². The predicted octanol–water partition coefficient (Wildman–Crippen LogP) is 5.54. The first-order chi connectivity index (χ1) is 16.3. The molecule has 0 spiro atoms. The molecule has 2 aromatic heterocycles. The summed E-state index contributed by atoms with van der Waals surface area (Å²) in [6, 6.07) is 17.3. The van der Waals surface area contributed by atoms with Crippen molar-refractivity contribution in [2.45, 2.75) is 13.8 Å². The number of nitro groups is 1. The van der Waals surface area contributed by atoms with E-state index in [-0.39, 0.29) is 22.2 Å². The molecule has 2 heterocycles. The summed E-state index contributed by atoms with van der Waals surface area (Å²) in [6.07, 6.45) is 1.30. The molecule has 0 aliphatic rings. The minimum Gasteiger partial charge on any atom is -0.457 e. The lowest BCUT2D eigenvalue weighted by Gasteiger charge is -2.02. The van der Waals surface area contributed by atoms with E-state index in [0.29, 0.717) is 16.3 Å². The van der Waals surface area contributed by atoms with E-state index in [9.17, 15) is 20.2 Å². The van der Waals surface area contributed by atoms with Crippen molar-refractivity contribution >= 4 is 34.1 Å². The molecule has 0 unspecified atom stereocenters. The summed E-state index contributed by atoms with van der Waals surface area (Å²) in [4.78, 5) is 23.2. The number of anilines is 1. The van der Waals surface area contributed by atoms with Gasteiger partial charge in [-0.25, -0.2) is 0 Å². The summed E-state index contributed by atoms with van der Waals surface area (Å²) in [5.41, 5.74) is 3.04. The summed E-state index contributed by atoms with van der Waals surface area (Å²) in [7, 11) is 0. The lowest BCUT2D eigenvalue weighted by molar-refractivity contribution is -0.384. The average Bonchev–Trinajstić information content (AvgIpc) is 3.47. The van der Waals surface area contributed by atoms with Crippen LogP contribution in [0.4, 0.5) is 10.8 Å². The molecular formula is C24H17N5O4S. The van der Waals surface area contributed by atoms with Gasteiger partial charge in [-0.15, -0.1) is 10.2 Å². The molecule has 4 aromatic rings. The molecule has 4 rings (SSSR count). The number of benzene rings is 2. The van der Waals surface area contributed by atoms with Gasteiger partial charge in [-0.3, -0.25) is 20.2 Å². The van der Waals surface area contributed by atoms with Gasteiger partial charge in [0.15, 0.2) is 0 Å². The van der Waals surface area contributed by atoms with Crippen LogP contribution in [0, 0.1) is 35.3 Å². The molecule has 168 valence electrons. The number of rotatable bonds is 6. The highest BCUT2D eigenvalue weighted by Crippen LogP contribution is 2.30. The van der Waals surface area contributed by atoms with Crippen LogP contribution in [0.15, 0.2) is 64.6 Å². The first-order valence-electron chi connectivity index (χ1n) is 10.0. The van der Waals surface area contributed by atoms with Crippen molar-refractivity contribution in [3.8, 4) is 28.0 Å². The fourth-order valence-electron chi connectivity index (χ4n) is 3.19. The van der Waals surface area contributed by atoms with Crippen molar-refractivity contribution in [3.63, 3.8) is 0 Å². The summed E-state index contributed by atoms with van der Waals surface area (Å²) >= 11 is 1.19. The van der Waals surface area contributed by atoms with Crippen molar-refractivity contribution in [1.82, 2.24) is 10.2 Å². The van der Waals surface area contributed by atoms with Crippen LogP contribution in [0.25, 0.3) is 28.0 Å². The summed E-state index contributed by atoms with van der Waals surface area (Å²) < 4.78 is 5.74. The molecule has 10 heteroatoms. The number of amides is 1. The lowest BCUT2D eigenvalue weighted by atomic mass is 10.1. The Morgan fingerprint density at radius 3 is 2.74 bits per heavy atom. The maximum Gasteiger partial charge on any atom is 0.270 e. The van der Waals surface area contributed by atoms with Crippen LogP contribution >= 0.6 is 11.3 Å². The number of hydrogen-bond acceptors (Lipinski definition) is 8. The average molecular weight is 471 g/mol. The van der Waals surface area contributed by atoms with Crippen molar-refractivity contribution in [2.24, 2.45) is 0 Å². The van der Waals surface area contributed by atoms with Crippen LogP contribution < -0.4 is 5.32 Å². The molecular weight excluding hydrogens is 454 g/mol. The van der Waals surface area contributed by atoms with Crippen LogP contribution in [-0.2, 0) is 4.79 Å². The molecule has 0 aliphatic heterocycles. The number of hydrogen-bond donors (Lipinski definition) is 1. The fraction of sp³-hybridized carbons (Fsp3) is 0.0833. The van der Waals surface area contributed by atoms with Crippen LogP contribution in [0.2, 0.25) is 0 Å². The molecule has 9 nitrogen and oxygen atoms in total. The van der Waals surface area contributed by atoms with Gasteiger partial charge in [0.2, 0.25) is 5.13 Å². The fourth-order valence-corrected chi connectivity index (χ4v) is 3.92. The van der Waals surface area contributed by atoms with Gasteiger partial charge in [0, 0.05) is 29.3 Å². The monoisotopic (exact) mass is 471 g/mol. The Labute approximate surface area is 198 Å². The number of nitrogens with one attached hydrogen (secondary N) is 1. The van der Waals surface area contributed by atoms with Crippen molar-refractivity contribution in [3.05, 3.63) is 87.2 Å². The van der Waals surface area contributed by atoms with E-state index in [1.165, 1.54) is 29.5 Å². The quantitative estimate of drug-likeness (QED) is 0.169. The standard InChI is InChI=1S/C24H17N5O4S/c1-14-4-3-5-16(10-14)23-27-28-24(34-23)26-22(30)17(13-25)11-19-8-9-21(33-19)20-12-18(29(31)32)7-6-15(20)2/h3-12H,1-2H3,(H,26,28,30)/b17-11-. The van der Waals surface area contributed by atoms with Gasteiger partial charge in [-0.2, -0.15) is 5.26 Å². The van der Waals surface area contributed by atoms with Crippen LogP contribution in [0.1, 0.15) is 16.9 Å². The number of aromatic nitrogens is 2. The van der Waals surface area contributed by atoms with Crippen LogP contribution in [0.3, 0.4) is 0 Å². The lowest BCUT2D eigenvalue weighted by Crippen LogP contribution is -2.13. The zero-order chi connectivity index (χ0) is 24.2. The SMILES string of the molecule is Cc1cccc(-c2nnc(NC(=O)/C(C#N)=C\c3ccc(-c4cc([N+](=O)[O-])ccc4C)o3)s2)c1. The molecule has 1 amide bonds. The highest BCUT2D eigenvalue weighted by atomic mass is 32.1. The van der Waals surface area contributed by atoms with Crippen LogP contribution in [-0.4, -0.2) is 21.0 Å². The number of carbonyl (C=O) groups excluding carboxylic acids is 1. The number of nitro benzene ring substituents is 1. The maximum atomic E-state index is 12.6. The molecule has 34 heavy (non-hydrogen) atoms. The molecule has 0 atom stereocenters. The Morgan fingerprint density at radius 1 is 1.18 bits per heavy atom. The Morgan fingerprint density at radius 2 is 2.00 bits per heavy atom. The summed E-state index contributed by atoms with van der Waals surface area (Å²) in [5.74, 6) is -0.0127. The third kappa shape index (κ3) is 4.90. The third-order valence-electron chi connectivity index (χ3n) is 4.89. The molecule has 0 saturated carbocycles. The third-order valence-corrected chi connectivity index (χ3v) is 5.77. The Bertz CT molecular complexity index is 1480. The Kier molecular flexibility index (Phi) is 6.29. The Balaban J connectivity index is 1.53. The van der Waals surface area contributed by atoms with Gasteiger partial charge < -0.3 is 4.42 Å². The minimum atomic E-state index is -0.654. The van der Waals surface area contributed by atoms with Gasteiger partial charge in [-0.05, 0) is 37.6 Å². The van der Waals surface area contributed by atoms with E-state index >= 15 is 0 Å². The van der Waals surface area contributed by atoms with E-state index in [2.05, 4.69) is 15.5 Å². The van der Waals surface area contributed by atoms with E-state index < -0.39 is 10.8 Å². The number of furan rings is 1. The van der Waals surface area contributed by atoms with E-state index in [1.807, 2.05) is 37.3 Å². The van der Waals surface area contributed by atoms with Gasteiger partial charge >= 0.3 is 0 Å². The molecule has 0 bridgehead atoms. The second-order valence-electron chi connectivity index (χ2n) is 7.36. The maximum absolute atomic E-state index is 12.6. The summed E-state index contributed by atoms with van der Waals surface area (Å²) in [6.45, 7) is 3.77. The number of nitriles is 1. The van der Waals surface area contributed by atoms with E-state index in [4.69, 9.17) is 4.42 Å². The smallest absolute Gasteiger partial charge is 0.270 e. The predicted molar refractivity (Wildman–Crippen MR) is 128 cm³/mol. The van der Waals surface area contributed by atoms with Crippen molar-refractivity contribution in [2.75, 3.05) is 5.32 Å². The number of carbonyl (C=O) groups is 1. The second-order valence-corrected chi connectivity index (χ2v) is 8.34. The van der Waals surface area contributed by atoms with Gasteiger partial charge in [0.05, 0.1) is 4.92 Å². The number of nitrogens with zero attached hydrogens (tertiary/aromatic N) is 4. The second kappa shape index (κ2) is 9.48. The van der Waals surface area contributed by atoms with Gasteiger partial charge in [0.25, 0.3) is 11.6 Å². The molecule has 1 N–H and O–H groups in total. The zero-order valence-corrected chi connectivity index (χ0v) is 18.9. The molecule has 0 fully saturated rings. The normalized spacial score (nSPS) is 11.1. The van der Waals surface area contributed by atoms with Gasteiger partial charge in [-0.1, -0.05) is 41.2 Å². The van der Waals surface area contributed by atoms with E-state index in [0.717, 1.165) is 16.7 Å². The highest BCUT2D eigenvalue weighted by Gasteiger charge is 2.16. The van der Waals surface area contributed by atoms with Crippen LogP contribution in [0.5, 0.6) is 0 Å². The minimum absolute atomic E-state index is 0.0618. The largest absolute Gasteiger partial charge is 0.457 e. The van der Waals surface area contributed by atoms with E-state index in [1.54, 1.807) is 25.1 Å². The highest BCUT2D eigenvalue weighted by molar-refractivity contribution is 7.18. The van der Waals surface area contributed by atoms with Crippen molar-refractivity contribution in [1.29, 1.82) is 5.26 Å². The Hall–Kier alpha value is -4.62. The molecule has 0 radical (unpaired) electrons. The number of aryl methyl sites for hydroxylation is 2.